The van der Waals surface area contributed by atoms with Crippen molar-refractivity contribution in [1.82, 2.24) is 5.32 Å². The summed E-state index contributed by atoms with van der Waals surface area (Å²) in [6, 6.07) is -0.784. The van der Waals surface area contributed by atoms with Gasteiger partial charge in [-0.05, 0) is 13.3 Å². The zero-order chi connectivity index (χ0) is 11.0. The molecule has 82 valence electrons. The topological polar surface area (TPSA) is 66.4 Å². The van der Waals surface area contributed by atoms with Crippen molar-refractivity contribution in [1.29, 1.82) is 0 Å². The van der Waals surface area contributed by atoms with Gasteiger partial charge in [-0.15, -0.1) is 0 Å². The zero-order valence-corrected chi connectivity index (χ0v) is 8.88. The van der Waals surface area contributed by atoms with Gasteiger partial charge in [0.15, 0.2) is 0 Å². The molecule has 1 atom stereocenters. The van der Waals surface area contributed by atoms with Crippen LogP contribution in [0.3, 0.4) is 0 Å². The van der Waals surface area contributed by atoms with Crippen LogP contribution in [0.4, 0.5) is 0 Å². The average Bonchev–Trinajstić information content (AvgIpc) is 2.12. The SMILES string of the molecule is CCCCCCC(=O)N[C@@H](C)C(=O)O. The Labute approximate surface area is 84.7 Å². The van der Waals surface area contributed by atoms with E-state index in [0.717, 1.165) is 25.7 Å². The highest BCUT2D eigenvalue weighted by Gasteiger charge is 2.12. The summed E-state index contributed by atoms with van der Waals surface area (Å²) >= 11 is 0. The van der Waals surface area contributed by atoms with E-state index in [0.29, 0.717) is 6.42 Å². The molecule has 0 saturated carbocycles. The Morgan fingerprint density at radius 2 is 1.93 bits per heavy atom. The van der Waals surface area contributed by atoms with Crippen LogP contribution in [-0.4, -0.2) is 23.0 Å². The molecule has 0 spiro atoms. The van der Waals surface area contributed by atoms with Gasteiger partial charge in [0.1, 0.15) is 6.04 Å². The Morgan fingerprint density at radius 3 is 2.43 bits per heavy atom. The molecule has 0 fully saturated rings. The lowest BCUT2D eigenvalue weighted by Crippen LogP contribution is -2.38. The number of carbonyl (C=O) groups excluding carboxylic acids is 1. The van der Waals surface area contributed by atoms with Gasteiger partial charge in [-0.3, -0.25) is 9.59 Å². The molecule has 4 heteroatoms. The van der Waals surface area contributed by atoms with E-state index in [4.69, 9.17) is 5.11 Å². The molecule has 1 amide bonds. The maximum Gasteiger partial charge on any atom is 0.325 e. The first-order valence-electron chi connectivity index (χ1n) is 5.10. The highest BCUT2D eigenvalue weighted by atomic mass is 16.4. The molecule has 0 aliphatic rings. The molecule has 0 aliphatic carbocycles. The third-order valence-electron chi connectivity index (χ3n) is 2.01. The van der Waals surface area contributed by atoms with E-state index in [9.17, 15) is 9.59 Å². The first-order chi connectivity index (χ1) is 6.57. The van der Waals surface area contributed by atoms with Crippen molar-refractivity contribution in [2.75, 3.05) is 0 Å². The van der Waals surface area contributed by atoms with Gasteiger partial charge in [-0.2, -0.15) is 0 Å². The molecule has 0 aromatic rings. The number of carbonyl (C=O) groups is 2. The van der Waals surface area contributed by atoms with Crippen molar-refractivity contribution >= 4 is 11.9 Å². The quantitative estimate of drug-likeness (QED) is 0.614. The van der Waals surface area contributed by atoms with Crippen LogP contribution >= 0.6 is 0 Å². The molecule has 0 bridgehead atoms. The Hall–Kier alpha value is -1.06. The molecule has 0 aromatic carbocycles. The highest BCUT2D eigenvalue weighted by molar-refractivity contribution is 5.83. The number of amides is 1. The van der Waals surface area contributed by atoms with Crippen molar-refractivity contribution in [3.63, 3.8) is 0 Å². The summed E-state index contributed by atoms with van der Waals surface area (Å²) in [6.45, 7) is 3.57. The number of rotatable bonds is 7. The lowest BCUT2D eigenvalue weighted by molar-refractivity contribution is -0.141. The Bertz CT molecular complexity index is 192. The number of unbranched alkanes of at least 4 members (excludes halogenated alkanes) is 3. The van der Waals surface area contributed by atoms with Crippen LogP contribution in [0.25, 0.3) is 0 Å². The minimum atomic E-state index is -0.994. The first-order valence-corrected chi connectivity index (χ1v) is 5.10. The maximum absolute atomic E-state index is 11.1. The zero-order valence-electron chi connectivity index (χ0n) is 8.88. The van der Waals surface area contributed by atoms with Gasteiger partial charge in [0.2, 0.25) is 5.91 Å². The third-order valence-corrected chi connectivity index (χ3v) is 2.01. The van der Waals surface area contributed by atoms with Crippen LogP contribution in [0.1, 0.15) is 46.0 Å². The fourth-order valence-corrected chi connectivity index (χ4v) is 1.09. The summed E-state index contributed by atoms with van der Waals surface area (Å²) in [5.41, 5.74) is 0. The van der Waals surface area contributed by atoms with E-state index in [1.54, 1.807) is 0 Å². The van der Waals surface area contributed by atoms with Crippen LogP contribution in [0.2, 0.25) is 0 Å². The molecule has 14 heavy (non-hydrogen) atoms. The fourth-order valence-electron chi connectivity index (χ4n) is 1.09. The van der Waals surface area contributed by atoms with Crippen LogP contribution in [0, 0.1) is 0 Å². The van der Waals surface area contributed by atoms with E-state index in [1.165, 1.54) is 6.92 Å². The predicted molar refractivity (Wildman–Crippen MR) is 54.0 cm³/mol. The van der Waals surface area contributed by atoms with Crippen LogP contribution in [-0.2, 0) is 9.59 Å². The van der Waals surface area contributed by atoms with E-state index in [-0.39, 0.29) is 5.91 Å². The fraction of sp³-hybridized carbons (Fsp3) is 0.800. The van der Waals surface area contributed by atoms with Crippen molar-refractivity contribution in [3.8, 4) is 0 Å². The van der Waals surface area contributed by atoms with Crippen molar-refractivity contribution in [2.45, 2.75) is 52.0 Å². The first kappa shape index (κ1) is 12.9. The van der Waals surface area contributed by atoms with E-state index < -0.39 is 12.0 Å². The van der Waals surface area contributed by atoms with Crippen LogP contribution < -0.4 is 5.32 Å². The molecular formula is C10H19NO3. The molecule has 2 N–H and O–H groups in total. The predicted octanol–water partition coefficient (Wildman–Crippen LogP) is 1.55. The van der Waals surface area contributed by atoms with Gasteiger partial charge < -0.3 is 10.4 Å². The third kappa shape index (κ3) is 6.46. The van der Waals surface area contributed by atoms with Crippen molar-refractivity contribution in [3.05, 3.63) is 0 Å². The monoisotopic (exact) mass is 201 g/mol. The summed E-state index contributed by atoms with van der Waals surface area (Å²) in [5.74, 6) is -1.16. The second-order valence-corrected chi connectivity index (χ2v) is 3.44. The number of aliphatic carboxylic acids is 1. The summed E-state index contributed by atoms with van der Waals surface area (Å²) in [6.07, 6.45) is 4.56. The van der Waals surface area contributed by atoms with E-state index in [1.807, 2.05) is 0 Å². The average molecular weight is 201 g/mol. The van der Waals surface area contributed by atoms with E-state index in [2.05, 4.69) is 12.2 Å². The number of hydrogen-bond acceptors (Lipinski definition) is 2. The largest absolute Gasteiger partial charge is 0.480 e. The molecule has 4 nitrogen and oxygen atoms in total. The van der Waals surface area contributed by atoms with Gasteiger partial charge in [-0.1, -0.05) is 26.2 Å². The standard InChI is InChI=1S/C10H19NO3/c1-3-4-5-6-7-9(12)11-8(2)10(13)14/h8H,3-7H2,1-2H3,(H,11,12)(H,13,14)/t8-/m0/s1. The molecule has 0 radical (unpaired) electrons. The molecule has 0 heterocycles. The van der Waals surface area contributed by atoms with Crippen molar-refractivity contribution < 1.29 is 14.7 Å². The second kappa shape index (κ2) is 7.35. The molecule has 0 rings (SSSR count). The van der Waals surface area contributed by atoms with E-state index >= 15 is 0 Å². The summed E-state index contributed by atoms with van der Waals surface area (Å²) < 4.78 is 0. The van der Waals surface area contributed by atoms with Gasteiger partial charge in [0, 0.05) is 6.42 Å². The van der Waals surface area contributed by atoms with Gasteiger partial charge in [0.05, 0.1) is 0 Å². The number of carboxylic acid groups (broad SMARTS) is 1. The molecule has 0 aliphatic heterocycles. The van der Waals surface area contributed by atoms with Gasteiger partial charge >= 0.3 is 5.97 Å². The molecule has 0 saturated heterocycles. The van der Waals surface area contributed by atoms with Crippen molar-refractivity contribution in [2.24, 2.45) is 0 Å². The van der Waals surface area contributed by atoms with Gasteiger partial charge in [0.25, 0.3) is 0 Å². The number of carboxylic acids is 1. The lowest BCUT2D eigenvalue weighted by atomic mass is 10.1. The maximum atomic E-state index is 11.1. The molecular weight excluding hydrogens is 182 g/mol. The smallest absolute Gasteiger partial charge is 0.325 e. The summed E-state index contributed by atoms with van der Waals surface area (Å²) in [5, 5.41) is 10.9. The Kier molecular flexibility index (Phi) is 6.80. The highest BCUT2D eigenvalue weighted by Crippen LogP contribution is 2.02. The normalized spacial score (nSPS) is 12.1. The van der Waals surface area contributed by atoms with Gasteiger partial charge in [-0.25, -0.2) is 0 Å². The lowest BCUT2D eigenvalue weighted by Gasteiger charge is -2.08. The Morgan fingerprint density at radius 1 is 1.29 bits per heavy atom. The molecule has 0 aromatic heterocycles. The van der Waals surface area contributed by atoms with Crippen LogP contribution in [0.15, 0.2) is 0 Å². The Balaban J connectivity index is 3.50. The van der Waals surface area contributed by atoms with Crippen LogP contribution in [0.5, 0.6) is 0 Å². The second-order valence-electron chi connectivity index (χ2n) is 3.44. The minimum absolute atomic E-state index is 0.170. The summed E-state index contributed by atoms with van der Waals surface area (Å²) in [7, 11) is 0. The number of hydrogen-bond donors (Lipinski definition) is 2. The summed E-state index contributed by atoms with van der Waals surface area (Å²) in [4.78, 5) is 21.5. The minimum Gasteiger partial charge on any atom is -0.480 e. The molecule has 0 unspecified atom stereocenters. The number of nitrogens with one attached hydrogen (secondary N) is 1.